The van der Waals surface area contributed by atoms with Crippen LogP contribution in [0.4, 0.5) is 0 Å². The Morgan fingerprint density at radius 3 is 1.98 bits per heavy atom. The van der Waals surface area contributed by atoms with Crippen LogP contribution in [-0.4, -0.2) is 92.3 Å². The molecule has 24 heteroatoms. The minimum absolute atomic E-state index is 0. The van der Waals surface area contributed by atoms with Gasteiger partial charge in [-0.1, -0.05) is 125 Å². The predicted molar refractivity (Wildman–Crippen MR) is 248 cm³/mol. The number of aldehydes is 2. The van der Waals surface area contributed by atoms with E-state index in [1.54, 1.807) is 25.1 Å². The number of aryl methyl sites for hydroxylation is 1. The van der Waals surface area contributed by atoms with Gasteiger partial charge >= 0.3 is 17.9 Å². The number of thioether (sulfide) groups is 1. The Kier molecular flexibility index (Phi) is 58.1. The number of thiol groups is 1. The molecule has 2 aromatic heterocycles. The van der Waals surface area contributed by atoms with E-state index in [4.69, 9.17) is 0 Å². The van der Waals surface area contributed by atoms with Crippen molar-refractivity contribution < 1.29 is 75.3 Å². The molecule has 0 saturated carbocycles. The molecule has 284 valence electrons. The average molecular weight is 1510 g/mol. The Morgan fingerprint density at radius 2 is 1.62 bits per heavy atom. The second-order valence-electron chi connectivity index (χ2n) is 7.03. The summed E-state index contributed by atoms with van der Waals surface area (Å²) in [4.78, 5) is 72.3. The summed E-state index contributed by atoms with van der Waals surface area (Å²) in [5, 5.41) is 1.86. The fraction of sp³-hybridized carbons (Fsp3) is 0.385. The third-order valence-corrected chi connectivity index (χ3v) is 6.57. The van der Waals surface area contributed by atoms with E-state index in [2.05, 4.69) is 165 Å². The maximum absolute atomic E-state index is 11.1. The van der Waals surface area contributed by atoms with E-state index < -0.39 is 5.97 Å². The van der Waals surface area contributed by atoms with Crippen molar-refractivity contribution in [1.82, 2.24) is 19.9 Å². The number of nitrogens with one attached hydrogen (secondary N) is 1. The number of thiazole rings is 1. The average Bonchev–Trinajstić information content (AvgIpc) is 3.88. The number of carbonyl (C=O) groups excluding carboxylic acids is 5. The van der Waals surface area contributed by atoms with Crippen molar-refractivity contribution in [3.05, 3.63) is 52.1 Å². The molecule has 1 atom stereocenters. The minimum Gasteiger partial charge on any atom is -0.469 e. The summed E-state index contributed by atoms with van der Waals surface area (Å²) in [6.07, 6.45) is 10.4. The van der Waals surface area contributed by atoms with Gasteiger partial charge in [0.1, 0.15) is 34.1 Å². The zero-order valence-corrected chi connectivity index (χ0v) is 45.2. The van der Waals surface area contributed by atoms with Crippen LogP contribution in [0.5, 0.6) is 0 Å². The van der Waals surface area contributed by atoms with Gasteiger partial charge in [-0.05, 0) is 0 Å². The molecule has 2 aliphatic rings. The van der Waals surface area contributed by atoms with Crippen LogP contribution < -0.4 is 0 Å². The Balaban J connectivity index is -0.000000121. The van der Waals surface area contributed by atoms with Crippen LogP contribution in [0, 0.1) is 12.4 Å². The van der Waals surface area contributed by atoms with E-state index in [9.17, 15) is 24.0 Å². The SMILES string of the molecule is COC(=O)C1=CN2C=NCC2S1.COC(=O)CC=O.COC(=O)c1cnc(CCC=O)s1.IC(I)I.ICI.Sc1cnc[nH]1.[CH2-]I.[CH3-].[V].[V]. The summed E-state index contributed by atoms with van der Waals surface area (Å²) in [5.41, 5.74) is 0. The zero-order chi connectivity index (χ0) is 36.6. The number of aliphatic imine (C=N–C) groups is 1. The number of H-pyrrole nitrogens is 1. The van der Waals surface area contributed by atoms with Crippen molar-refractivity contribution in [3.63, 3.8) is 0 Å². The summed E-state index contributed by atoms with van der Waals surface area (Å²) in [7, 11) is 3.96. The number of ether oxygens (including phenoxy) is 3. The Morgan fingerprint density at radius 1 is 1.06 bits per heavy atom. The molecule has 50 heavy (non-hydrogen) atoms. The number of carbonyl (C=O) groups is 5. The van der Waals surface area contributed by atoms with Gasteiger partial charge in [0, 0.05) is 56.2 Å². The number of aromatic nitrogens is 3. The van der Waals surface area contributed by atoms with Crippen molar-refractivity contribution >= 4 is 208 Å². The van der Waals surface area contributed by atoms with E-state index in [1.165, 1.54) is 53.1 Å². The fourth-order valence-electron chi connectivity index (χ4n) is 2.33. The van der Waals surface area contributed by atoms with E-state index in [0.717, 1.165) is 22.8 Å². The molecule has 0 bridgehead atoms. The molecule has 2 aliphatic heterocycles. The van der Waals surface area contributed by atoms with Crippen molar-refractivity contribution in [2.75, 3.05) is 30.3 Å². The number of aromatic amines is 1. The largest absolute Gasteiger partial charge is 0.469 e. The Labute approximate surface area is 413 Å². The second-order valence-corrected chi connectivity index (χ2v) is 25.2. The molecular formula is C26H35I6N5O8S3V2-2. The number of rotatable bonds is 7. The standard InChI is InChI=1S/C8H9NO3S.C7H8N2O2S.C4H6O3.C3H4N2S.CHI3.CH2I2.CH2I.CH3.2V/c1-12-8(11)6-5-9-7(13-6)3-2-4-10;1-11-7(10)5-3-9-4-8-2-6(9)12-5;1-7-4(6)2-3-5;6-3-1-4-2-5-3;2-1(3)4;2-1-3;1-2;;;/h4-5H,2-3H2,1H3;3-4,6H,2H2,1H3;3H,2H2,1H3;1-2,6H,(H,4,5);1H;1H2;1H2;1H3;;/q;;;;;;2*-1;;. The van der Waals surface area contributed by atoms with E-state index in [0.29, 0.717) is 28.9 Å². The Bertz CT molecular complexity index is 1200. The third kappa shape index (κ3) is 37.0. The van der Waals surface area contributed by atoms with Crippen LogP contribution in [0.1, 0.15) is 27.5 Å². The first-order valence-corrected chi connectivity index (χ1v) is 22.6. The fourth-order valence-corrected chi connectivity index (χ4v) is 4.36. The van der Waals surface area contributed by atoms with Gasteiger partial charge in [-0.15, -0.1) is 24.0 Å². The molecule has 0 saturated heterocycles. The van der Waals surface area contributed by atoms with Gasteiger partial charge in [-0.2, -0.15) is 0 Å². The van der Waals surface area contributed by atoms with Crippen LogP contribution in [0.3, 0.4) is 0 Å². The van der Waals surface area contributed by atoms with Gasteiger partial charge in [0.25, 0.3) is 0 Å². The van der Waals surface area contributed by atoms with Crippen LogP contribution >= 0.6 is 171 Å². The number of fused-ring (bicyclic) bond motifs is 1. The van der Waals surface area contributed by atoms with Crippen LogP contribution in [0.2, 0.25) is 0 Å². The third-order valence-electron chi connectivity index (χ3n) is 4.10. The number of hydrogen-bond acceptors (Lipinski definition) is 15. The van der Waals surface area contributed by atoms with Crippen molar-refractivity contribution in [1.29, 1.82) is 0 Å². The smallest absolute Gasteiger partial charge is 0.349 e. The Hall–Kier alpha value is 2.05. The molecule has 4 rings (SSSR count). The van der Waals surface area contributed by atoms with Gasteiger partial charge in [-0.25, -0.2) is 19.6 Å². The van der Waals surface area contributed by atoms with E-state index in [-0.39, 0.29) is 68.3 Å². The monoisotopic (exact) mass is 1500 g/mol. The normalized spacial score (nSPS) is 12.0. The number of halogens is 6. The summed E-state index contributed by atoms with van der Waals surface area (Å²) >= 11 is 20.1. The molecule has 0 aromatic carbocycles. The molecular weight excluding hydrogens is 1470 g/mol. The molecule has 0 fully saturated rings. The van der Waals surface area contributed by atoms with E-state index in [1.807, 2.05) is 27.5 Å². The molecule has 0 aliphatic carbocycles. The molecule has 2 radical (unpaired) electrons. The van der Waals surface area contributed by atoms with Crippen LogP contribution in [0.15, 0.2) is 39.8 Å². The first kappa shape index (κ1) is 64.0. The molecule has 1 unspecified atom stereocenters. The predicted octanol–water partition coefficient (Wildman–Crippen LogP) is 7.97. The second kappa shape index (κ2) is 45.4. The number of methoxy groups -OCH3 is 3. The first-order chi connectivity index (χ1) is 22.4. The number of hydrogen-bond donors (Lipinski definition) is 2. The molecule has 13 nitrogen and oxygen atoms in total. The summed E-state index contributed by atoms with van der Waals surface area (Å²) in [6.45, 7) is 0.752. The van der Waals surface area contributed by atoms with Crippen molar-refractivity contribution in [2.24, 2.45) is 4.99 Å². The van der Waals surface area contributed by atoms with Gasteiger partial charge in [0.15, 0.2) is 0 Å². The van der Waals surface area contributed by atoms with Gasteiger partial charge in [-0.3, -0.25) is 14.7 Å². The number of esters is 3. The number of alkyl halides is 5. The maximum atomic E-state index is 11.1. The first-order valence-electron chi connectivity index (χ1n) is 12.1. The number of imidazole rings is 1. The van der Waals surface area contributed by atoms with Crippen molar-refractivity contribution in [3.8, 4) is 0 Å². The topological polar surface area (TPSA) is 170 Å². The van der Waals surface area contributed by atoms with Gasteiger partial charge < -0.3 is 63.7 Å². The zero-order valence-electron chi connectivity index (χ0n) is 26.9. The molecule has 0 spiro atoms. The molecule has 1 N–H and O–H groups in total. The molecule has 2 aromatic rings. The molecule has 0 amide bonds. The minimum atomic E-state index is -0.491. The molecule has 4 heterocycles. The van der Waals surface area contributed by atoms with Gasteiger partial charge in [0.2, 0.25) is 0 Å². The summed E-state index contributed by atoms with van der Waals surface area (Å²) < 4.78 is 15.2. The van der Waals surface area contributed by atoms with Crippen molar-refractivity contribution in [2.45, 2.75) is 29.6 Å². The maximum Gasteiger partial charge on any atom is 0.349 e. The summed E-state index contributed by atoms with van der Waals surface area (Å²) in [5.74, 6) is -1.13. The van der Waals surface area contributed by atoms with Crippen LogP contribution in [-0.2, 0) is 76.9 Å². The number of nitrogens with zero attached hydrogens (tertiary/aromatic N) is 4. The van der Waals surface area contributed by atoms with E-state index >= 15 is 0 Å². The van der Waals surface area contributed by atoms with Gasteiger partial charge in [0.05, 0.1) is 65.4 Å². The quantitative estimate of drug-likeness (QED) is 0.0402. The summed E-state index contributed by atoms with van der Waals surface area (Å²) in [6, 6.07) is 0. The van der Waals surface area contributed by atoms with Crippen LogP contribution in [0.25, 0.3) is 0 Å².